The molecule has 2 aromatic carbocycles. The zero-order chi connectivity index (χ0) is 28.7. The number of esters is 1. The Balaban J connectivity index is 1.62. The predicted molar refractivity (Wildman–Crippen MR) is 146 cm³/mol. The van der Waals surface area contributed by atoms with Crippen molar-refractivity contribution in [2.24, 2.45) is 0 Å². The molecule has 1 fully saturated rings. The number of β-lactam (4-membered cyclic amide) rings is 1. The molecule has 0 aliphatic carbocycles. The summed E-state index contributed by atoms with van der Waals surface area (Å²) >= 11 is 0. The standard InChI is InChI=1S/C29H36N2O7Si/c1-18(38-39(5,6)29(2,3)4)23(28(36)37-17-19-12-8-7-9-13-19)30-22(16-32)24(27(30)35)31-25(33)20-14-10-11-15-21(20)26(31)34/h7-15,18,22-24,32H,16-17H2,1-6H3. The Labute approximate surface area is 229 Å². The Morgan fingerprint density at radius 2 is 1.51 bits per heavy atom. The molecule has 39 heavy (non-hydrogen) atoms. The molecule has 2 aliphatic rings. The summed E-state index contributed by atoms with van der Waals surface area (Å²) in [5.74, 6) is -2.49. The number of hydrogen-bond donors (Lipinski definition) is 1. The third-order valence-electron chi connectivity index (χ3n) is 8.02. The van der Waals surface area contributed by atoms with E-state index in [9.17, 15) is 24.3 Å². The molecule has 2 heterocycles. The number of carbonyl (C=O) groups excluding carboxylic acids is 4. The lowest BCUT2D eigenvalue weighted by atomic mass is 9.90. The Morgan fingerprint density at radius 1 is 0.974 bits per heavy atom. The second-order valence-electron chi connectivity index (χ2n) is 11.6. The van der Waals surface area contributed by atoms with Gasteiger partial charge < -0.3 is 19.2 Å². The third kappa shape index (κ3) is 5.16. The normalized spacial score (nSPS) is 20.9. The number of aliphatic hydroxyl groups is 1. The molecule has 4 rings (SSSR count). The SMILES string of the molecule is CC(O[Si](C)(C)C(C)(C)C)C(C(=O)OCc1ccccc1)N1C(=O)C(N2C(=O)c3ccccc3C2=O)C1CO. The molecule has 4 unspecified atom stereocenters. The Bertz CT molecular complexity index is 1240. The number of ether oxygens (including phenoxy) is 1. The fraction of sp³-hybridized carbons (Fsp3) is 0.448. The fourth-order valence-electron chi connectivity index (χ4n) is 4.88. The van der Waals surface area contributed by atoms with Crippen LogP contribution in [0, 0.1) is 0 Å². The van der Waals surface area contributed by atoms with Crippen LogP contribution in [0.5, 0.6) is 0 Å². The van der Waals surface area contributed by atoms with Crippen LogP contribution in [0.4, 0.5) is 0 Å². The first-order chi connectivity index (χ1) is 18.3. The summed E-state index contributed by atoms with van der Waals surface area (Å²) in [6.07, 6.45) is -0.768. The lowest BCUT2D eigenvalue weighted by molar-refractivity contribution is -0.179. The largest absolute Gasteiger partial charge is 0.459 e. The van der Waals surface area contributed by atoms with Crippen molar-refractivity contribution in [1.29, 1.82) is 0 Å². The molecule has 4 atom stereocenters. The molecule has 9 nitrogen and oxygen atoms in total. The number of rotatable bonds is 9. The average Bonchev–Trinajstić information content (AvgIpc) is 3.13. The maximum absolute atomic E-state index is 13.7. The quantitative estimate of drug-likeness (QED) is 0.220. The van der Waals surface area contributed by atoms with Crippen molar-refractivity contribution < 1.29 is 33.4 Å². The van der Waals surface area contributed by atoms with Gasteiger partial charge in [-0.1, -0.05) is 63.2 Å². The van der Waals surface area contributed by atoms with Gasteiger partial charge in [-0.25, -0.2) is 4.79 Å². The minimum absolute atomic E-state index is 0.00333. The number of hydrogen-bond acceptors (Lipinski definition) is 7. The number of amides is 3. The summed E-state index contributed by atoms with van der Waals surface area (Å²) < 4.78 is 12.1. The fourth-order valence-corrected chi connectivity index (χ4v) is 6.29. The minimum atomic E-state index is -2.39. The van der Waals surface area contributed by atoms with Gasteiger partial charge in [-0.05, 0) is 42.8 Å². The van der Waals surface area contributed by atoms with E-state index in [0.29, 0.717) is 0 Å². The van der Waals surface area contributed by atoms with Crippen molar-refractivity contribution in [3.63, 3.8) is 0 Å². The summed E-state index contributed by atoms with van der Waals surface area (Å²) in [6, 6.07) is 12.1. The number of nitrogens with zero attached hydrogens (tertiary/aromatic N) is 2. The number of likely N-dealkylation sites (tertiary alicyclic amines) is 1. The Hall–Kier alpha value is -3.34. The van der Waals surface area contributed by atoms with Gasteiger partial charge in [0.05, 0.1) is 29.9 Å². The second kappa shape index (κ2) is 10.7. The second-order valence-corrected chi connectivity index (χ2v) is 16.3. The monoisotopic (exact) mass is 552 g/mol. The van der Waals surface area contributed by atoms with Crippen LogP contribution in [0.2, 0.25) is 18.1 Å². The highest BCUT2D eigenvalue weighted by molar-refractivity contribution is 6.74. The van der Waals surface area contributed by atoms with Gasteiger partial charge in [0.1, 0.15) is 12.6 Å². The third-order valence-corrected chi connectivity index (χ3v) is 12.6. The van der Waals surface area contributed by atoms with Gasteiger partial charge in [0, 0.05) is 0 Å². The smallest absolute Gasteiger partial charge is 0.331 e. The van der Waals surface area contributed by atoms with Crippen LogP contribution >= 0.6 is 0 Å². The van der Waals surface area contributed by atoms with Crippen molar-refractivity contribution in [2.45, 2.75) is 76.7 Å². The van der Waals surface area contributed by atoms with E-state index >= 15 is 0 Å². The van der Waals surface area contributed by atoms with Crippen molar-refractivity contribution in [2.75, 3.05) is 6.61 Å². The molecule has 0 radical (unpaired) electrons. The molecular formula is C29H36N2O7Si. The topological polar surface area (TPSA) is 113 Å². The molecule has 208 valence electrons. The van der Waals surface area contributed by atoms with E-state index in [1.165, 1.54) is 17.0 Å². The highest BCUT2D eigenvalue weighted by Gasteiger charge is 2.60. The van der Waals surface area contributed by atoms with E-state index in [4.69, 9.17) is 9.16 Å². The number of aliphatic hydroxyl groups excluding tert-OH is 1. The van der Waals surface area contributed by atoms with Gasteiger partial charge in [-0.2, -0.15) is 0 Å². The van der Waals surface area contributed by atoms with Crippen molar-refractivity contribution in [3.05, 3.63) is 71.3 Å². The number of carbonyl (C=O) groups is 4. The Kier molecular flexibility index (Phi) is 7.84. The molecule has 2 aliphatic heterocycles. The van der Waals surface area contributed by atoms with Gasteiger partial charge in [0.2, 0.25) is 5.91 Å². The molecule has 2 aromatic rings. The summed E-state index contributed by atoms with van der Waals surface area (Å²) in [4.78, 5) is 55.5. The van der Waals surface area contributed by atoms with Crippen LogP contribution in [-0.4, -0.2) is 77.8 Å². The number of imide groups is 1. The van der Waals surface area contributed by atoms with E-state index in [-0.39, 0.29) is 22.8 Å². The predicted octanol–water partition coefficient (Wildman–Crippen LogP) is 3.38. The first-order valence-electron chi connectivity index (χ1n) is 13.1. The maximum Gasteiger partial charge on any atom is 0.331 e. The van der Waals surface area contributed by atoms with Gasteiger partial charge in [-0.3, -0.25) is 19.3 Å². The molecule has 10 heteroatoms. The molecule has 0 saturated carbocycles. The average molecular weight is 553 g/mol. The van der Waals surface area contributed by atoms with E-state index in [1.54, 1.807) is 19.1 Å². The zero-order valence-corrected chi connectivity index (χ0v) is 24.2. The molecule has 0 spiro atoms. The van der Waals surface area contributed by atoms with Crippen molar-refractivity contribution in [3.8, 4) is 0 Å². The van der Waals surface area contributed by atoms with E-state index in [2.05, 4.69) is 20.8 Å². The lowest BCUT2D eigenvalue weighted by Crippen LogP contribution is -2.77. The van der Waals surface area contributed by atoms with Crippen LogP contribution in [0.25, 0.3) is 0 Å². The lowest BCUT2D eigenvalue weighted by Gasteiger charge is -2.53. The maximum atomic E-state index is 13.7. The molecule has 0 aromatic heterocycles. The highest BCUT2D eigenvalue weighted by atomic mass is 28.4. The van der Waals surface area contributed by atoms with Crippen molar-refractivity contribution in [1.82, 2.24) is 9.80 Å². The first kappa shape index (κ1) is 28.7. The van der Waals surface area contributed by atoms with Crippen LogP contribution in [0.3, 0.4) is 0 Å². The van der Waals surface area contributed by atoms with Crippen LogP contribution < -0.4 is 0 Å². The van der Waals surface area contributed by atoms with Gasteiger partial charge >= 0.3 is 5.97 Å². The highest BCUT2D eigenvalue weighted by Crippen LogP contribution is 2.40. The zero-order valence-electron chi connectivity index (χ0n) is 23.2. The molecule has 1 N–H and O–H groups in total. The number of fused-ring (bicyclic) bond motifs is 1. The Morgan fingerprint density at radius 3 is 2.03 bits per heavy atom. The van der Waals surface area contributed by atoms with E-state index < -0.39 is 62.8 Å². The van der Waals surface area contributed by atoms with Crippen LogP contribution in [0.15, 0.2) is 54.6 Å². The van der Waals surface area contributed by atoms with Gasteiger partial charge in [0.15, 0.2) is 14.4 Å². The molecule has 1 saturated heterocycles. The first-order valence-corrected chi connectivity index (χ1v) is 16.0. The number of benzene rings is 2. The molecule has 3 amide bonds. The van der Waals surface area contributed by atoms with E-state index in [1.807, 2.05) is 43.4 Å². The van der Waals surface area contributed by atoms with Gasteiger partial charge in [0.25, 0.3) is 11.8 Å². The van der Waals surface area contributed by atoms with Gasteiger partial charge in [-0.15, -0.1) is 0 Å². The van der Waals surface area contributed by atoms with Crippen LogP contribution in [-0.2, 0) is 25.4 Å². The molecular weight excluding hydrogens is 516 g/mol. The molecule has 0 bridgehead atoms. The summed E-state index contributed by atoms with van der Waals surface area (Å²) in [5.41, 5.74) is 1.19. The van der Waals surface area contributed by atoms with Crippen LogP contribution in [0.1, 0.15) is 54.0 Å². The minimum Gasteiger partial charge on any atom is -0.459 e. The summed E-state index contributed by atoms with van der Waals surface area (Å²) in [6.45, 7) is 11.4. The van der Waals surface area contributed by atoms with Crippen molar-refractivity contribution >= 4 is 32.0 Å². The summed E-state index contributed by atoms with van der Waals surface area (Å²) in [7, 11) is -2.39. The summed E-state index contributed by atoms with van der Waals surface area (Å²) in [5, 5.41) is 10.2. The van der Waals surface area contributed by atoms with E-state index in [0.717, 1.165) is 10.5 Å².